The van der Waals surface area contributed by atoms with Gasteiger partial charge in [0, 0.05) is 30.8 Å². The molecule has 1 aromatic rings. The SMILES string of the molecule is CC(=O)SC1CC(=O)N(c2ccccc2C)C1. The van der Waals surface area contributed by atoms with Crippen LogP contribution in [0.25, 0.3) is 0 Å². The van der Waals surface area contributed by atoms with Crippen LogP contribution in [0.5, 0.6) is 0 Å². The minimum Gasteiger partial charge on any atom is -0.311 e. The second kappa shape index (κ2) is 4.92. The number of thioether (sulfide) groups is 1. The summed E-state index contributed by atoms with van der Waals surface area (Å²) in [4.78, 5) is 24.8. The van der Waals surface area contributed by atoms with Crippen LogP contribution in [0, 0.1) is 6.92 Å². The van der Waals surface area contributed by atoms with E-state index in [1.165, 1.54) is 11.8 Å². The molecule has 0 N–H and O–H groups in total. The van der Waals surface area contributed by atoms with Crippen LogP contribution >= 0.6 is 11.8 Å². The molecule has 1 fully saturated rings. The summed E-state index contributed by atoms with van der Waals surface area (Å²) in [6.45, 7) is 4.17. The fourth-order valence-electron chi connectivity index (χ4n) is 2.09. The number of carbonyl (C=O) groups is 2. The number of anilines is 1. The van der Waals surface area contributed by atoms with Gasteiger partial charge in [0.1, 0.15) is 0 Å². The van der Waals surface area contributed by atoms with Crippen LogP contribution in [0.3, 0.4) is 0 Å². The summed E-state index contributed by atoms with van der Waals surface area (Å²) in [5.41, 5.74) is 2.05. The third-order valence-corrected chi connectivity index (χ3v) is 3.81. The molecule has 1 aliphatic heterocycles. The molecule has 90 valence electrons. The Labute approximate surface area is 105 Å². The van der Waals surface area contributed by atoms with E-state index < -0.39 is 0 Å². The Balaban J connectivity index is 2.16. The smallest absolute Gasteiger partial charge is 0.228 e. The quantitative estimate of drug-likeness (QED) is 0.807. The molecule has 17 heavy (non-hydrogen) atoms. The molecule has 0 bridgehead atoms. The first-order valence-corrected chi connectivity index (χ1v) is 6.49. The van der Waals surface area contributed by atoms with Crippen molar-refractivity contribution in [3.05, 3.63) is 29.8 Å². The Bertz CT molecular complexity index is 458. The second-order valence-corrected chi connectivity index (χ2v) is 5.70. The molecule has 1 saturated heterocycles. The highest BCUT2D eigenvalue weighted by Crippen LogP contribution is 2.30. The monoisotopic (exact) mass is 249 g/mol. The minimum absolute atomic E-state index is 0.0782. The molecular formula is C13H15NO2S. The highest BCUT2D eigenvalue weighted by Gasteiger charge is 2.32. The van der Waals surface area contributed by atoms with Crippen molar-refractivity contribution in [3.63, 3.8) is 0 Å². The van der Waals surface area contributed by atoms with Gasteiger partial charge in [-0.2, -0.15) is 0 Å². The number of amides is 1. The van der Waals surface area contributed by atoms with Crippen LogP contribution in [0.4, 0.5) is 5.69 Å². The van der Waals surface area contributed by atoms with Crippen molar-refractivity contribution in [2.24, 2.45) is 0 Å². The minimum atomic E-state index is 0.0782. The van der Waals surface area contributed by atoms with Crippen molar-refractivity contribution in [3.8, 4) is 0 Å². The largest absolute Gasteiger partial charge is 0.311 e. The van der Waals surface area contributed by atoms with Crippen molar-refractivity contribution in [1.29, 1.82) is 0 Å². The number of rotatable bonds is 2. The van der Waals surface area contributed by atoms with E-state index in [9.17, 15) is 9.59 Å². The van der Waals surface area contributed by atoms with Gasteiger partial charge in [0.05, 0.1) is 0 Å². The van der Waals surface area contributed by atoms with Gasteiger partial charge in [0.15, 0.2) is 5.12 Å². The number of para-hydroxylation sites is 1. The summed E-state index contributed by atoms with van der Waals surface area (Å²) in [7, 11) is 0. The molecule has 3 nitrogen and oxygen atoms in total. The van der Waals surface area contributed by atoms with Gasteiger partial charge in [-0.1, -0.05) is 30.0 Å². The molecule has 1 heterocycles. The van der Waals surface area contributed by atoms with Gasteiger partial charge in [-0.05, 0) is 18.6 Å². The van der Waals surface area contributed by atoms with E-state index in [0.717, 1.165) is 11.3 Å². The Hall–Kier alpha value is -1.29. The molecule has 1 aliphatic rings. The number of hydrogen-bond donors (Lipinski definition) is 0. The molecule has 0 radical (unpaired) electrons. The number of aryl methyl sites for hydroxylation is 1. The fourth-order valence-corrected chi connectivity index (χ4v) is 3.01. The summed E-state index contributed by atoms with van der Waals surface area (Å²) in [6.07, 6.45) is 0.457. The van der Waals surface area contributed by atoms with Crippen LogP contribution in [0.1, 0.15) is 18.9 Å². The van der Waals surface area contributed by atoms with E-state index in [-0.39, 0.29) is 16.3 Å². The highest BCUT2D eigenvalue weighted by molar-refractivity contribution is 8.14. The fraction of sp³-hybridized carbons (Fsp3) is 0.385. The third kappa shape index (κ3) is 2.69. The lowest BCUT2D eigenvalue weighted by molar-refractivity contribution is -0.117. The summed E-state index contributed by atoms with van der Waals surface area (Å²) >= 11 is 1.27. The molecule has 0 aromatic heterocycles. The number of carbonyl (C=O) groups excluding carboxylic acids is 2. The van der Waals surface area contributed by atoms with Crippen LogP contribution in [-0.4, -0.2) is 22.8 Å². The van der Waals surface area contributed by atoms with E-state index in [1.54, 1.807) is 11.8 Å². The Kier molecular flexibility index (Phi) is 3.52. The first-order valence-electron chi connectivity index (χ1n) is 5.61. The lowest BCUT2D eigenvalue weighted by atomic mass is 10.2. The van der Waals surface area contributed by atoms with E-state index in [2.05, 4.69) is 0 Å². The lowest BCUT2D eigenvalue weighted by Gasteiger charge is -2.18. The average Bonchev–Trinajstić information content (AvgIpc) is 2.59. The van der Waals surface area contributed by atoms with E-state index >= 15 is 0 Å². The van der Waals surface area contributed by atoms with Gasteiger partial charge in [-0.15, -0.1) is 0 Å². The lowest BCUT2D eigenvalue weighted by Crippen LogP contribution is -2.25. The molecule has 4 heteroatoms. The maximum absolute atomic E-state index is 11.9. The van der Waals surface area contributed by atoms with Gasteiger partial charge in [0.2, 0.25) is 5.91 Å². The van der Waals surface area contributed by atoms with Crippen LogP contribution in [-0.2, 0) is 9.59 Å². The Morgan fingerprint density at radius 2 is 2.12 bits per heavy atom. The van der Waals surface area contributed by atoms with E-state index in [1.807, 2.05) is 31.2 Å². The molecular weight excluding hydrogens is 234 g/mol. The normalized spacial score (nSPS) is 19.8. The predicted molar refractivity (Wildman–Crippen MR) is 70.2 cm³/mol. The average molecular weight is 249 g/mol. The van der Waals surface area contributed by atoms with Crippen molar-refractivity contribution >= 4 is 28.5 Å². The first-order chi connectivity index (χ1) is 8.08. The zero-order chi connectivity index (χ0) is 12.4. The summed E-state index contributed by atoms with van der Waals surface area (Å²) in [6, 6.07) is 7.84. The van der Waals surface area contributed by atoms with Gasteiger partial charge >= 0.3 is 0 Å². The number of benzene rings is 1. The predicted octanol–water partition coefficient (Wildman–Crippen LogP) is 2.38. The molecule has 2 rings (SSSR count). The second-order valence-electron chi connectivity index (χ2n) is 4.23. The standard InChI is InChI=1S/C13H15NO2S/c1-9-5-3-4-6-12(9)14-8-11(7-13(14)16)17-10(2)15/h3-6,11H,7-8H2,1-2H3. The van der Waals surface area contributed by atoms with Crippen LogP contribution in [0.15, 0.2) is 24.3 Å². The highest BCUT2D eigenvalue weighted by atomic mass is 32.2. The van der Waals surface area contributed by atoms with Crippen LogP contribution < -0.4 is 4.90 Å². The zero-order valence-corrected chi connectivity index (χ0v) is 10.8. The van der Waals surface area contributed by atoms with Crippen molar-refractivity contribution in [2.75, 3.05) is 11.4 Å². The van der Waals surface area contributed by atoms with Crippen molar-refractivity contribution in [1.82, 2.24) is 0 Å². The third-order valence-electron chi connectivity index (χ3n) is 2.83. The maximum atomic E-state index is 11.9. The van der Waals surface area contributed by atoms with Gasteiger partial charge in [-0.3, -0.25) is 9.59 Å². The maximum Gasteiger partial charge on any atom is 0.228 e. The summed E-state index contributed by atoms with van der Waals surface area (Å²) < 4.78 is 0. The van der Waals surface area contributed by atoms with Gasteiger partial charge in [-0.25, -0.2) is 0 Å². The van der Waals surface area contributed by atoms with Crippen molar-refractivity contribution < 1.29 is 9.59 Å². The summed E-state index contributed by atoms with van der Waals surface area (Å²) in [5, 5.41) is 0.175. The zero-order valence-electron chi connectivity index (χ0n) is 9.97. The molecule has 1 unspecified atom stereocenters. The number of nitrogens with zero attached hydrogens (tertiary/aromatic N) is 1. The number of hydrogen-bond acceptors (Lipinski definition) is 3. The van der Waals surface area contributed by atoms with Gasteiger partial charge < -0.3 is 4.90 Å². The van der Waals surface area contributed by atoms with Gasteiger partial charge in [0.25, 0.3) is 0 Å². The molecule has 0 saturated carbocycles. The van der Waals surface area contributed by atoms with Crippen LogP contribution in [0.2, 0.25) is 0 Å². The molecule has 0 aliphatic carbocycles. The topological polar surface area (TPSA) is 37.4 Å². The molecule has 1 aromatic carbocycles. The molecule has 1 amide bonds. The van der Waals surface area contributed by atoms with E-state index in [0.29, 0.717) is 13.0 Å². The van der Waals surface area contributed by atoms with E-state index in [4.69, 9.17) is 0 Å². The molecule has 0 spiro atoms. The summed E-state index contributed by atoms with van der Waals surface area (Å²) in [5.74, 6) is 0.109. The first kappa shape index (κ1) is 12.2. The Morgan fingerprint density at radius 1 is 1.41 bits per heavy atom. The van der Waals surface area contributed by atoms with Crippen molar-refractivity contribution in [2.45, 2.75) is 25.5 Å². The Morgan fingerprint density at radius 3 is 2.76 bits per heavy atom. The molecule has 1 atom stereocenters.